The second-order valence-corrected chi connectivity index (χ2v) is 11.1. The topological polar surface area (TPSA) is 146 Å². The molecule has 2 aliphatic rings. The van der Waals surface area contributed by atoms with Gasteiger partial charge in [-0.2, -0.15) is 0 Å². The predicted molar refractivity (Wildman–Crippen MR) is 145 cm³/mol. The fourth-order valence-electron chi connectivity index (χ4n) is 3.97. The first-order valence-electron chi connectivity index (χ1n) is 10.7. The van der Waals surface area contributed by atoms with Crippen molar-refractivity contribution in [2.45, 2.75) is 38.8 Å². The number of nitrogen functional groups attached to an aromatic ring is 1. The lowest BCUT2D eigenvalue weighted by Gasteiger charge is -2.27. The monoisotopic (exact) mass is 532 g/mol. The Hall–Kier alpha value is -3.38. The average molecular weight is 533 g/mol. The van der Waals surface area contributed by atoms with Crippen LogP contribution in [0.15, 0.2) is 68.3 Å². The normalized spacial score (nSPS) is 23.4. The zero-order chi connectivity index (χ0) is 26.8. The maximum absolute atomic E-state index is 13.9. The van der Waals surface area contributed by atoms with Gasteiger partial charge in [-0.3, -0.25) is 10.1 Å². The van der Waals surface area contributed by atoms with E-state index in [4.69, 9.17) is 17.2 Å². The number of nitrogens with two attached hydrogens (primary N) is 3. The molecule has 2 unspecified atom stereocenters. The third-order valence-electron chi connectivity index (χ3n) is 5.43. The van der Waals surface area contributed by atoms with E-state index >= 15 is 0 Å². The molecule has 12 heteroatoms. The van der Waals surface area contributed by atoms with Crippen LogP contribution in [0.1, 0.15) is 38.8 Å². The molecule has 6 N–H and O–H groups in total. The van der Waals surface area contributed by atoms with E-state index in [1.165, 1.54) is 41.7 Å². The summed E-state index contributed by atoms with van der Waals surface area (Å²) in [6, 6.07) is 7.90. The van der Waals surface area contributed by atoms with Gasteiger partial charge < -0.3 is 17.2 Å². The van der Waals surface area contributed by atoms with Gasteiger partial charge >= 0.3 is 0 Å². The Kier molecular flexibility index (Phi) is 7.79. The molecule has 36 heavy (non-hydrogen) atoms. The summed E-state index contributed by atoms with van der Waals surface area (Å²) in [5, 5.41) is 11.5. The predicted octanol–water partition coefficient (Wildman–Crippen LogP) is 5.50. The SMILES string of the molecule is CC1=CC(C)(c2cc(N)ccc2F)N=C(N)S1.CC1=CC(C)(c2cc([N+](=O)[O-])ccc2F)N=C(N)S1. The Labute approximate surface area is 216 Å². The Bertz CT molecular complexity index is 1300. The number of aliphatic imine (C=N–C) groups is 2. The molecule has 0 radical (unpaired) electrons. The minimum absolute atomic E-state index is 0.143. The van der Waals surface area contributed by atoms with Gasteiger partial charge in [0, 0.05) is 28.9 Å². The van der Waals surface area contributed by atoms with Crippen molar-refractivity contribution in [2.24, 2.45) is 21.5 Å². The fraction of sp³-hybridized carbons (Fsp3) is 0.250. The largest absolute Gasteiger partial charge is 0.399 e. The number of anilines is 1. The molecule has 0 spiro atoms. The van der Waals surface area contributed by atoms with Gasteiger partial charge in [0.2, 0.25) is 0 Å². The average Bonchev–Trinajstić information content (AvgIpc) is 2.74. The van der Waals surface area contributed by atoms with E-state index in [2.05, 4.69) is 9.98 Å². The molecule has 8 nitrogen and oxygen atoms in total. The van der Waals surface area contributed by atoms with Crippen molar-refractivity contribution in [1.29, 1.82) is 0 Å². The number of amidine groups is 2. The molecule has 0 bridgehead atoms. The van der Waals surface area contributed by atoms with E-state index in [-0.39, 0.29) is 17.1 Å². The lowest BCUT2D eigenvalue weighted by molar-refractivity contribution is -0.385. The summed E-state index contributed by atoms with van der Waals surface area (Å²) in [6.07, 6.45) is 3.64. The number of thioether (sulfide) groups is 2. The zero-order valence-corrected chi connectivity index (χ0v) is 21.7. The number of non-ortho nitro benzene ring substituents is 1. The smallest absolute Gasteiger partial charge is 0.270 e. The minimum Gasteiger partial charge on any atom is -0.399 e. The number of allylic oxidation sites excluding steroid dienone is 2. The molecule has 0 aliphatic carbocycles. The van der Waals surface area contributed by atoms with Gasteiger partial charge in [-0.15, -0.1) is 0 Å². The zero-order valence-electron chi connectivity index (χ0n) is 20.1. The van der Waals surface area contributed by atoms with Gasteiger partial charge in [0.15, 0.2) is 10.3 Å². The Morgan fingerprint density at radius 3 is 1.72 bits per heavy atom. The summed E-state index contributed by atoms with van der Waals surface area (Å²) >= 11 is 2.67. The highest BCUT2D eigenvalue weighted by Gasteiger charge is 2.32. The third kappa shape index (κ3) is 6.05. The molecule has 4 rings (SSSR count). The van der Waals surface area contributed by atoms with Crippen LogP contribution < -0.4 is 17.2 Å². The minimum atomic E-state index is -1.02. The summed E-state index contributed by atoms with van der Waals surface area (Å²) in [7, 11) is 0. The molecule has 2 aliphatic heterocycles. The van der Waals surface area contributed by atoms with Gasteiger partial charge in [0.25, 0.3) is 5.69 Å². The van der Waals surface area contributed by atoms with E-state index in [0.29, 0.717) is 21.6 Å². The lowest BCUT2D eigenvalue weighted by Crippen LogP contribution is -2.26. The number of benzene rings is 2. The molecule has 0 amide bonds. The Balaban J connectivity index is 0.000000202. The van der Waals surface area contributed by atoms with E-state index < -0.39 is 21.8 Å². The van der Waals surface area contributed by atoms with Crippen LogP contribution in [-0.4, -0.2) is 15.3 Å². The molecular formula is C24H26F2N6O2S2. The number of nitro groups is 1. The van der Waals surface area contributed by atoms with Gasteiger partial charge in [0.1, 0.15) is 22.7 Å². The number of nitrogens with zero attached hydrogens (tertiary/aromatic N) is 3. The second-order valence-electron chi connectivity index (χ2n) is 8.57. The van der Waals surface area contributed by atoms with Crippen LogP contribution in [0.4, 0.5) is 20.2 Å². The highest BCUT2D eigenvalue weighted by atomic mass is 32.2. The molecule has 0 saturated heterocycles. The van der Waals surface area contributed by atoms with Gasteiger partial charge in [-0.1, -0.05) is 23.5 Å². The van der Waals surface area contributed by atoms with Crippen molar-refractivity contribution in [3.8, 4) is 0 Å². The van der Waals surface area contributed by atoms with Crippen molar-refractivity contribution in [3.63, 3.8) is 0 Å². The quantitative estimate of drug-likeness (QED) is 0.269. The molecule has 0 saturated carbocycles. The molecule has 2 heterocycles. The summed E-state index contributed by atoms with van der Waals surface area (Å²) in [6.45, 7) is 7.25. The van der Waals surface area contributed by atoms with E-state index in [9.17, 15) is 18.9 Å². The molecule has 2 atom stereocenters. The number of halogens is 2. The first kappa shape index (κ1) is 27.2. The number of rotatable bonds is 3. The molecule has 2 aromatic rings. The van der Waals surface area contributed by atoms with Crippen LogP contribution in [0.3, 0.4) is 0 Å². The molecular weight excluding hydrogens is 506 g/mol. The van der Waals surface area contributed by atoms with Crippen molar-refractivity contribution in [3.05, 3.63) is 91.2 Å². The van der Waals surface area contributed by atoms with Crippen LogP contribution in [-0.2, 0) is 11.1 Å². The van der Waals surface area contributed by atoms with Gasteiger partial charge in [0.05, 0.1) is 4.92 Å². The molecule has 2 aromatic carbocycles. The highest BCUT2D eigenvalue weighted by molar-refractivity contribution is 8.17. The van der Waals surface area contributed by atoms with Crippen LogP contribution in [0.2, 0.25) is 0 Å². The number of hydrogen-bond donors (Lipinski definition) is 3. The summed E-state index contributed by atoms with van der Waals surface area (Å²) in [5.74, 6) is -0.866. The maximum Gasteiger partial charge on any atom is 0.270 e. The molecule has 0 fully saturated rings. The summed E-state index contributed by atoms with van der Waals surface area (Å²) in [5.41, 5.74) is 16.3. The van der Waals surface area contributed by atoms with Crippen LogP contribution in [0.5, 0.6) is 0 Å². The molecule has 190 valence electrons. The highest BCUT2D eigenvalue weighted by Crippen LogP contribution is 2.39. The second kappa shape index (κ2) is 10.3. The fourth-order valence-corrected chi connectivity index (χ4v) is 5.68. The number of nitro benzene ring substituents is 1. The maximum atomic E-state index is 13.9. The van der Waals surface area contributed by atoms with E-state index in [1.807, 2.05) is 26.8 Å². The number of hydrogen-bond acceptors (Lipinski definition) is 9. The van der Waals surface area contributed by atoms with E-state index in [1.54, 1.807) is 19.1 Å². The first-order valence-corrected chi connectivity index (χ1v) is 12.3. The lowest BCUT2D eigenvalue weighted by atomic mass is 9.91. The van der Waals surface area contributed by atoms with Crippen LogP contribution >= 0.6 is 23.5 Å². The van der Waals surface area contributed by atoms with Crippen LogP contribution in [0, 0.1) is 21.7 Å². The Morgan fingerprint density at radius 1 is 0.833 bits per heavy atom. The van der Waals surface area contributed by atoms with Crippen LogP contribution in [0.25, 0.3) is 0 Å². The van der Waals surface area contributed by atoms with Crippen molar-refractivity contribution in [1.82, 2.24) is 0 Å². The van der Waals surface area contributed by atoms with Crippen molar-refractivity contribution < 1.29 is 13.7 Å². The first-order chi connectivity index (χ1) is 16.7. The third-order valence-corrected chi connectivity index (χ3v) is 6.91. The van der Waals surface area contributed by atoms with Gasteiger partial charge in [-0.05, 0) is 73.9 Å². The van der Waals surface area contributed by atoms with Gasteiger partial charge in [-0.25, -0.2) is 18.8 Å². The van der Waals surface area contributed by atoms with Crippen molar-refractivity contribution in [2.75, 3.05) is 5.73 Å². The Morgan fingerprint density at radius 2 is 1.28 bits per heavy atom. The standard InChI is InChI=1S/C12H12FN3O2S.C12H14FN3S/c1-7-6-12(2,15-11(14)19-7)9-5-8(16(17)18)3-4-10(9)13;1-7-6-12(2,16-11(15)17-7)9-5-8(14)3-4-10(9)13/h3-6H,1-2H3,(H2,14,15);3-6H,14H2,1-2H3,(H2,15,16). The van der Waals surface area contributed by atoms with Crippen molar-refractivity contribution >= 4 is 45.2 Å². The molecule has 0 aromatic heterocycles. The summed E-state index contributed by atoms with van der Waals surface area (Å²) < 4.78 is 27.8. The van der Waals surface area contributed by atoms with E-state index in [0.717, 1.165) is 21.9 Å². The summed E-state index contributed by atoms with van der Waals surface area (Å²) in [4.78, 5) is 20.6.